The molecule has 2 aromatic carbocycles. The van der Waals surface area contributed by atoms with Gasteiger partial charge in [0.2, 0.25) is 11.0 Å². The van der Waals surface area contributed by atoms with E-state index in [0.29, 0.717) is 24.0 Å². The number of carbonyl (C=O) groups excluding carboxylic acids is 1. The van der Waals surface area contributed by atoms with Gasteiger partial charge in [-0.25, -0.2) is 4.98 Å². The lowest BCUT2D eigenvalue weighted by molar-refractivity contribution is -0.116. The molecule has 0 bridgehead atoms. The standard InChI is InChI=1S/C24H22N4O3S/c1-4-10-31-17-7-5-6-15(11-17)18-13-21(29)26-23-22(18)14(2)27-28(23)24-25-19-9-8-16(30-3)12-20(19)32-24/h4-9,11-12,18H,1,10,13H2,2-3H3,(H,26,29)/t18-/m0/s1. The van der Waals surface area contributed by atoms with Crippen molar-refractivity contribution in [3.05, 3.63) is 71.9 Å². The van der Waals surface area contributed by atoms with Crippen LogP contribution in [0.1, 0.15) is 29.2 Å². The number of nitrogens with one attached hydrogen (secondary N) is 1. The number of hydrogen-bond acceptors (Lipinski definition) is 6. The highest BCUT2D eigenvalue weighted by molar-refractivity contribution is 7.20. The number of rotatable bonds is 6. The van der Waals surface area contributed by atoms with E-state index in [2.05, 4.69) is 11.9 Å². The predicted molar refractivity (Wildman–Crippen MR) is 125 cm³/mol. The van der Waals surface area contributed by atoms with Crippen molar-refractivity contribution in [2.24, 2.45) is 0 Å². The average molecular weight is 447 g/mol. The van der Waals surface area contributed by atoms with Crippen molar-refractivity contribution >= 4 is 33.3 Å². The number of hydrogen-bond donors (Lipinski definition) is 1. The summed E-state index contributed by atoms with van der Waals surface area (Å²) in [5.41, 5.74) is 3.74. The van der Waals surface area contributed by atoms with Crippen LogP contribution in [-0.4, -0.2) is 34.4 Å². The third-order valence-corrected chi connectivity index (χ3v) is 6.49. The number of thiazole rings is 1. The Morgan fingerprint density at radius 1 is 1.28 bits per heavy atom. The number of aromatic nitrogens is 3. The Balaban J connectivity index is 1.59. The topological polar surface area (TPSA) is 78.3 Å². The van der Waals surface area contributed by atoms with Crippen LogP contribution in [0.4, 0.5) is 5.82 Å². The SMILES string of the molecule is C=CCOc1cccc([C@@H]2CC(=O)Nc3c2c(C)nn3-c2nc3ccc(OC)cc3s2)c1. The molecule has 0 spiro atoms. The van der Waals surface area contributed by atoms with Crippen LogP contribution in [0.2, 0.25) is 0 Å². The van der Waals surface area contributed by atoms with Crippen LogP contribution < -0.4 is 14.8 Å². The van der Waals surface area contributed by atoms with E-state index in [1.165, 1.54) is 11.3 Å². The van der Waals surface area contributed by atoms with Crippen molar-refractivity contribution in [3.63, 3.8) is 0 Å². The van der Waals surface area contributed by atoms with Crippen LogP contribution in [0.25, 0.3) is 15.3 Å². The number of amides is 1. The molecule has 0 radical (unpaired) electrons. The maximum Gasteiger partial charge on any atom is 0.226 e. The number of fused-ring (bicyclic) bond motifs is 2. The second kappa shape index (κ2) is 8.12. The number of aryl methyl sites for hydroxylation is 1. The maximum absolute atomic E-state index is 12.7. The van der Waals surface area contributed by atoms with Crippen LogP contribution in [0, 0.1) is 6.92 Å². The van der Waals surface area contributed by atoms with Gasteiger partial charge in [0.1, 0.15) is 23.9 Å². The Bertz CT molecular complexity index is 1340. The molecule has 1 amide bonds. The number of ether oxygens (including phenoxy) is 2. The number of anilines is 1. The summed E-state index contributed by atoms with van der Waals surface area (Å²) in [6.07, 6.45) is 2.06. The third-order valence-electron chi connectivity index (χ3n) is 5.50. The van der Waals surface area contributed by atoms with Gasteiger partial charge in [-0.2, -0.15) is 9.78 Å². The van der Waals surface area contributed by atoms with E-state index in [9.17, 15) is 4.79 Å². The van der Waals surface area contributed by atoms with Gasteiger partial charge >= 0.3 is 0 Å². The minimum absolute atomic E-state index is 0.0520. The first-order valence-electron chi connectivity index (χ1n) is 10.3. The van der Waals surface area contributed by atoms with Gasteiger partial charge in [-0.1, -0.05) is 36.1 Å². The third kappa shape index (κ3) is 3.52. The quantitative estimate of drug-likeness (QED) is 0.429. The molecule has 5 rings (SSSR count). The zero-order chi connectivity index (χ0) is 22.2. The van der Waals surface area contributed by atoms with Crippen molar-refractivity contribution in [1.82, 2.24) is 14.8 Å². The van der Waals surface area contributed by atoms with Crippen LogP contribution >= 0.6 is 11.3 Å². The van der Waals surface area contributed by atoms with Crippen molar-refractivity contribution in [2.45, 2.75) is 19.3 Å². The molecule has 2 aromatic heterocycles. The van der Waals surface area contributed by atoms with Crippen LogP contribution in [0.3, 0.4) is 0 Å². The molecule has 7 nitrogen and oxygen atoms in total. The van der Waals surface area contributed by atoms with Gasteiger partial charge in [-0.15, -0.1) is 0 Å². The summed E-state index contributed by atoms with van der Waals surface area (Å²) in [7, 11) is 1.64. The molecule has 8 heteroatoms. The molecule has 0 saturated heterocycles. The molecule has 4 aromatic rings. The molecular weight excluding hydrogens is 424 g/mol. The zero-order valence-electron chi connectivity index (χ0n) is 17.8. The molecule has 0 unspecified atom stereocenters. The lowest BCUT2D eigenvalue weighted by Crippen LogP contribution is -2.25. The molecule has 3 heterocycles. The Morgan fingerprint density at radius 3 is 2.97 bits per heavy atom. The van der Waals surface area contributed by atoms with E-state index in [0.717, 1.165) is 38.5 Å². The molecule has 0 fully saturated rings. The van der Waals surface area contributed by atoms with E-state index < -0.39 is 0 Å². The molecule has 32 heavy (non-hydrogen) atoms. The van der Waals surface area contributed by atoms with Crippen LogP contribution in [0.15, 0.2) is 55.1 Å². The van der Waals surface area contributed by atoms with Gasteiger partial charge in [0.25, 0.3) is 0 Å². The highest BCUT2D eigenvalue weighted by Gasteiger charge is 2.33. The van der Waals surface area contributed by atoms with Gasteiger partial charge in [0.15, 0.2) is 0 Å². The average Bonchev–Trinajstić information content (AvgIpc) is 3.37. The summed E-state index contributed by atoms with van der Waals surface area (Å²) >= 11 is 1.50. The summed E-state index contributed by atoms with van der Waals surface area (Å²) in [6, 6.07) is 13.6. The normalized spacial score (nSPS) is 15.3. The Kier molecular flexibility index (Phi) is 5.14. The predicted octanol–water partition coefficient (Wildman–Crippen LogP) is 4.84. The first-order chi connectivity index (χ1) is 15.6. The molecule has 0 saturated carbocycles. The first-order valence-corrected chi connectivity index (χ1v) is 11.1. The second-order valence-corrected chi connectivity index (χ2v) is 8.58. The largest absolute Gasteiger partial charge is 0.497 e. The Hall–Kier alpha value is -3.65. The molecule has 162 valence electrons. The number of benzene rings is 2. The van der Waals surface area contributed by atoms with Gasteiger partial charge in [-0.05, 0) is 42.8 Å². The molecule has 0 aliphatic carbocycles. The highest BCUT2D eigenvalue weighted by atomic mass is 32.1. The van der Waals surface area contributed by atoms with Crippen molar-refractivity contribution < 1.29 is 14.3 Å². The van der Waals surface area contributed by atoms with E-state index in [1.807, 2.05) is 49.4 Å². The van der Waals surface area contributed by atoms with Crippen molar-refractivity contribution in [1.29, 1.82) is 0 Å². The van der Waals surface area contributed by atoms with Crippen LogP contribution in [0.5, 0.6) is 11.5 Å². The lowest BCUT2D eigenvalue weighted by Gasteiger charge is -2.24. The Morgan fingerprint density at radius 2 is 2.16 bits per heavy atom. The van der Waals surface area contributed by atoms with Gasteiger partial charge < -0.3 is 14.8 Å². The molecule has 1 N–H and O–H groups in total. The molecule has 1 aliphatic rings. The number of nitrogens with zero attached hydrogens (tertiary/aromatic N) is 3. The maximum atomic E-state index is 12.7. The number of carbonyl (C=O) groups is 1. The summed E-state index contributed by atoms with van der Waals surface area (Å²) in [6.45, 7) is 6.09. The van der Waals surface area contributed by atoms with E-state index in [4.69, 9.17) is 19.6 Å². The van der Waals surface area contributed by atoms with Gasteiger partial charge in [0, 0.05) is 17.9 Å². The molecular formula is C24H22N4O3S. The first kappa shape index (κ1) is 20.3. The van der Waals surface area contributed by atoms with Crippen LogP contribution in [-0.2, 0) is 4.79 Å². The number of methoxy groups -OCH3 is 1. The minimum atomic E-state index is -0.116. The van der Waals surface area contributed by atoms with Gasteiger partial charge in [-0.3, -0.25) is 4.79 Å². The zero-order valence-corrected chi connectivity index (χ0v) is 18.6. The van der Waals surface area contributed by atoms with E-state index in [1.54, 1.807) is 17.9 Å². The monoisotopic (exact) mass is 446 g/mol. The minimum Gasteiger partial charge on any atom is -0.497 e. The van der Waals surface area contributed by atoms with Gasteiger partial charge in [0.05, 0.1) is 23.0 Å². The second-order valence-electron chi connectivity index (χ2n) is 7.57. The fourth-order valence-electron chi connectivity index (χ4n) is 4.06. The van der Waals surface area contributed by atoms with E-state index in [-0.39, 0.29) is 11.8 Å². The fourth-order valence-corrected chi connectivity index (χ4v) is 5.01. The Labute approximate surface area is 189 Å². The summed E-state index contributed by atoms with van der Waals surface area (Å²) in [5, 5.41) is 8.47. The lowest BCUT2D eigenvalue weighted by atomic mass is 9.86. The molecule has 1 atom stereocenters. The summed E-state index contributed by atoms with van der Waals surface area (Å²) < 4.78 is 13.8. The summed E-state index contributed by atoms with van der Waals surface area (Å²) in [4.78, 5) is 17.4. The highest BCUT2D eigenvalue weighted by Crippen LogP contribution is 2.41. The van der Waals surface area contributed by atoms with E-state index >= 15 is 0 Å². The smallest absolute Gasteiger partial charge is 0.226 e. The van der Waals surface area contributed by atoms with Crippen molar-refractivity contribution in [3.8, 4) is 16.6 Å². The van der Waals surface area contributed by atoms with Crippen molar-refractivity contribution in [2.75, 3.05) is 19.0 Å². The summed E-state index contributed by atoms with van der Waals surface area (Å²) in [5.74, 6) is 2.03. The molecule has 1 aliphatic heterocycles. The fraction of sp³-hybridized carbons (Fsp3) is 0.208.